The average molecular weight is 554 g/mol. The third kappa shape index (κ3) is 8.41. The summed E-state index contributed by atoms with van der Waals surface area (Å²) in [5.74, 6) is -1.04. The molecule has 1 amide bonds. The second-order valence-corrected chi connectivity index (χ2v) is 9.16. The minimum atomic E-state index is -1.17. The Balaban J connectivity index is 1.85. The number of allylic oxidation sites excluding steroid dienone is 6. The number of carboxylic acid groups (broad SMARTS) is 1. The SMILES string of the molecule is C=C(/C=C\C(=C\C(=O)O)C(=C)/C(=C\C=C\Cl)c1ncc(-c2ccccc2)[nH]1)C(=O)N[C@H](CCC)c1ccccc1. The first-order valence-electron chi connectivity index (χ1n) is 12.8. The van der Waals surface area contributed by atoms with Gasteiger partial charge in [0, 0.05) is 22.8 Å². The second-order valence-electron chi connectivity index (χ2n) is 8.91. The molecule has 6 nitrogen and oxygen atoms in total. The number of hydrogen-bond acceptors (Lipinski definition) is 3. The predicted octanol–water partition coefficient (Wildman–Crippen LogP) is 7.55. The fraction of sp³-hybridized carbons (Fsp3) is 0.121. The molecule has 204 valence electrons. The van der Waals surface area contributed by atoms with Gasteiger partial charge in [-0.2, -0.15) is 0 Å². The van der Waals surface area contributed by atoms with E-state index in [9.17, 15) is 14.7 Å². The summed E-state index contributed by atoms with van der Waals surface area (Å²) < 4.78 is 0. The molecule has 2 aromatic carbocycles. The minimum Gasteiger partial charge on any atom is -0.478 e. The third-order valence-electron chi connectivity index (χ3n) is 6.04. The van der Waals surface area contributed by atoms with Crippen molar-refractivity contribution in [3.8, 4) is 11.3 Å². The molecule has 1 heterocycles. The lowest BCUT2D eigenvalue weighted by molar-refractivity contribution is -0.131. The zero-order valence-corrected chi connectivity index (χ0v) is 23.1. The van der Waals surface area contributed by atoms with Crippen molar-refractivity contribution in [1.82, 2.24) is 15.3 Å². The Bertz CT molecular complexity index is 1460. The molecule has 0 unspecified atom stereocenters. The van der Waals surface area contributed by atoms with Crippen LogP contribution < -0.4 is 5.32 Å². The van der Waals surface area contributed by atoms with Gasteiger partial charge in [0.25, 0.3) is 5.91 Å². The van der Waals surface area contributed by atoms with Crippen LogP contribution in [-0.4, -0.2) is 27.0 Å². The number of imidazole rings is 1. The van der Waals surface area contributed by atoms with Crippen molar-refractivity contribution in [1.29, 1.82) is 0 Å². The van der Waals surface area contributed by atoms with Crippen LogP contribution in [0, 0.1) is 0 Å². The Kier molecular flexibility index (Phi) is 11.2. The van der Waals surface area contributed by atoms with Gasteiger partial charge in [0.05, 0.1) is 17.9 Å². The largest absolute Gasteiger partial charge is 0.478 e. The van der Waals surface area contributed by atoms with E-state index in [4.69, 9.17) is 11.6 Å². The molecule has 0 saturated carbocycles. The molecule has 0 aliphatic carbocycles. The molecule has 0 bridgehead atoms. The highest BCUT2D eigenvalue weighted by Crippen LogP contribution is 2.29. The van der Waals surface area contributed by atoms with E-state index in [0.29, 0.717) is 17.0 Å². The molecule has 0 saturated heterocycles. The van der Waals surface area contributed by atoms with E-state index in [0.717, 1.165) is 35.7 Å². The maximum absolute atomic E-state index is 13.0. The summed E-state index contributed by atoms with van der Waals surface area (Å²) in [5, 5.41) is 12.6. The van der Waals surface area contributed by atoms with Crippen molar-refractivity contribution in [3.05, 3.63) is 144 Å². The van der Waals surface area contributed by atoms with Crippen molar-refractivity contribution >= 4 is 29.1 Å². The number of H-pyrrole nitrogens is 1. The topological polar surface area (TPSA) is 95.1 Å². The number of aromatic nitrogens is 2. The summed E-state index contributed by atoms with van der Waals surface area (Å²) in [6.07, 6.45) is 10.6. The Morgan fingerprint density at radius 3 is 2.38 bits per heavy atom. The van der Waals surface area contributed by atoms with Crippen LogP contribution in [0.25, 0.3) is 16.8 Å². The van der Waals surface area contributed by atoms with Crippen molar-refractivity contribution in [2.45, 2.75) is 25.8 Å². The molecule has 3 N–H and O–H groups in total. The van der Waals surface area contributed by atoms with E-state index >= 15 is 0 Å². The lowest BCUT2D eigenvalue weighted by Gasteiger charge is -2.18. The minimum absolute atomic E-state index is 0.164. The van der Waals surface area contributed by atoms with Crippen LogP contribution >= 0.6 is 11.6 Å². The number of carbonyl (C=O) groups is 2. The number of aliphatic carboxylic acids is 1. The first kappa shape index (κ1) is 29.9. The molecule has 7 heteroatoms. The van der Waals surface area contributed by atoms with Crippen LogP contribution in [0.15, 0.2) is 133 Å². The Hall–Kier alpha value is -4.68. The average Bonchev–Trinajstić information content (AvgIpc) is 3.45. The molecule has 3 aromatic rings. The Labute approximate surface area is 239 Å². The first-order valence-corrected chi connectivity index (χ1v) is 13.2. The van der Waals surface area contributed by atoms with Gasteiger partial charge in [-0.3, -0.25) is 4.79 Å². The molecular weight excluding hydrogens is 522 g/mol. The number of nitrogens with zero attached hydrogens (tertiary/aromatic N) is 1. The molecule has 3 rings (SSSR count). The summed E-state index contributed by atoms with van der Waals surface area (Å²) in [5.41, 5.74) is 5.40. The zero-order valence-electron chi connectivity index (χ0n) is 22.3. The van der Waals surface area contributed by atoms with Crippen LogP contribution in [0.3, 0.4) is 0 Å². The third-order valence-corrected chi connectivity index (χ3v) is 6.19. The van der Waals surface area contributed by atoms with Crippen LogP contribution in [-0.2, 0) is 9.59 Å². The number of hydrogen-bond donors (Lipinski definition) is 3. The number of carbonyl (C=O) groups excluding carboxylic acids is 1. The van der Waals surface area contributed by atoms with E-state index in [1.807, 2.05) is 60.7 Å². The van der Waals surface area contributed by atoms with Crippen molar-refractivity contribution in [2.75, 3.05) is 0 Å². The van der Waals surface area contributed by atoms with Gasteiger partial charge in [-0.05, 0) is 40.8 Å². The normalized spacial score (nSPS) is 12.9. The number of amides is 1. The van der Waals surface area contributed by atoms with Crippen LogP contribution in [0.2, 0.25) is 0 Å². The van der Waals surface area contributed by atoms with Crippen LogP contribution in [0.5, 0.6) is 0 Å². The lowest BCUT2D eigenvalue weighted by atomic mass is 9.96. The van der Waals surface area contributed by atoms with E-state index in [-0.39, 0.29) is 23.1 Å². The number of benzene rings is 2. The Morgan fingerprint density at radius 1 is 1.07 bits per heavy atom. The molecule has 0 spiro atoms. The van der Waals surface area contributed by atoms with Crippen molar-refractivity contribution in [3.63, 3.8) is 0 Å². The number of aromatic amines is 1. The van der Waals surface area contributed by atoms with Gasteiger partial charge < -0.3 is 15.4 Å². The van der Waals surface area contributed by atoms with Gasteiger partial charge >= 0.3 is 5.97 Å². The second kappa shape index (κ2) is 15.0. The molecular formula is C33H32ClN3O3. The van der Waals surface area contributed by atoms with E-state index in [1.165, 1.54) is 17.7 Å². The van der Waals surface area contributed by atoms with Gasteiger partial charge in [0.15, 0.2) is 0 Å². The molecule has 0 aliphatic heterocycles. The van der Waals surface area contributed by atoms with Crippen molar-refractivity contribution in [2.24, 2.45) is 0 Å². The lowest BCUT2D eigenvalue weighted by Crippen LogP contribution is -2.29. The number of carboxylic acids is 1. The maximum atomic E-state index is 13.0. The molecule has 40 heavy (non-hydrogen) atoms. The van der Waals surface area contributed by atoms with Gasteiger partial charge in [0.2, 0.25) is 0 Å². The summed E-state index contributed by atoms with van der Waals surface area (Å²) in [7, 11) is 0. The monoisotopic (exact) mass is 553 g/mol. The highest BCUT2D eigenvalue weighted by Gasteiger charge is 2.17. The van der Waals surface area contributed by atoms with Crippen molar-refractivity contribution < 1.29 is 14.7 Å². The maximum Gasteiger partial charge on any atom is 0.328 e. The zero-order chi connectivity index (χ0) is 28.9. The van der Waals surface area contributed by atoms with Crippen LogP contribution in [0.4, 0.5) is 0 Å². The van der Waals surface area contributed by atoms with E-state index in [2.05, 4.69) is 35.4 Å². The van der Waals surface area contributed by atoms with Gasteiger partial charge in [-0.25, -0.2) is 9.78 Å². The Morgan fingerprint density at radius 2 is 1.75 bits per heavy atom. The predicted molar refractivity (Wildman–Crippen MR) is 162 cm³/mol. The fourth-order valence-corrected chi connectivity index (χ4v) is 4.09. The molecule has 0 aliphatic rings. The number of halogens is 1. The van der Waals surface area contributed by atoms with Gasteiger partial charge in [0.1, 0.15) is 5.82 Å². The molecule has 1 atom stereocenters. The van der Waals surface area contributed by atoms with E-state index < -0.39 is 5.97 Å². The summed E-state index contributed by atoms with van der Waals surface area (Å²) in [6, 6.07) is 19.2. The van der Waals surface area contributed by atoms with Gasteiger partial charge in [-0.15, -0.1) is 0 Å². The van der Waals surface area contributed by atoms with Gasteiger partial charge in [-0.1, -0.05) is 111 Å². The highest BCUT2D eigenvalue weighted by atomic mass is 35.5. The standard InChI is InChI=1S/C33H32ClN3O3/c1-4-12-29(25-13-7-5-8-14-25)37-33(40)23(2)18-19-27(21-31(38)39)24(3)28(17-11-20-34)32-35-22-30(36-32)26-15-9-6-10-16-26/h5-11,13-22,29H,2-4,12H2,1H3,(H,35,36)(H,37,40)(H,38,39)/b19-18-,20-11+,27-21-,28-17+/t29-/m1/s1. The summed E-state index contributed by atoms with van der Waals surface area (Å²) >= 11 is 5.78. The highest BCUT2D eigenvalue weighted by molar-refractivity contribution is 6.25. The number of rotatable bonds is 13. The molecule has 1 aromatic heterocycles. The molecule has 0 radical (unpaired) electrons. The summed E-state index contributed by atoms with van der Waals surface area (Å²) in [4.78, 5) is 32.4. The summed E-state index contributed by atoms with van der Waals surface area (Å²) in [6.45, 7) is 10.1. The van der Waals surface area contributed by atoms with Crippen LogP contribution in [0.1, 0.15) is 37.2 Å². The quantitative estimate of drug-likeness (QED) is 0.150. The number of nitrogens with one attached hydrogen (secondary N) is 2. The smallest absolute Gasteiger partial charge is 0.328 e. The first-order chi connectivity index (χ1) is 19.3. The molecule has 0 fully saturated rings. The van der Waals surface area contributed by atoms with E-state index in [1.54, 1.807) is 18.3 Å². The fourth-order valence-electron chi connectivity index (χ4n) is 4.02.